The third kappa shape index (κ3) is 2.19. The Labute approximate surface area is 154 Å². The van der Waals surface area contributed by atoms with Crippen LogP contribution in [0.1, 0.15) is 24.5 Å². The van der Waals surface area contributed by atoms with E-state index < -0.39 is 10.0 Å². The van der Waals surface area contributed by atoms with Crippen LogP contribution in [0.2, 0.25) is 0 Å². The molecule has 0 aromatic heterocycles. The zero-order valence-electron chi connectivity index (χ0n) is 14.8. The Morgan fingerprint density at radius 2 is 1.69 bits per heavy atom. The number of hydrogen-bond donors (Lipinski definition) is 0. The molecule has 0 spiro atoms. The van der Waals surface area contributed by atoms with Crippen molar-refractivity contribution >= 4 is 15.6 Å². The van der Waals surface area contributed by atoms with Crippen LogP contribution in [0.15, 0.2) is 76.7 Å². The van der Waals surface area contributed by atoms with Gasteiger partial charge < -0.3 is 0 Å². The largest absolute Gasteiger partial charge is 0.243 e. The van der Waals surface area contributed by atoms with E-state index in [0.717, 1.165) is 12.8 Å². The van der Waals surface area contributed by atoms with Crippen LogP contribution in [0.5, 0.6) is 0 Å². The molecule has 0 fully saturated rings. The van der Waals surface area contributed by atoms with Crippen molar-refractivity contribution in [2.45, 2.75) is 24.7 Å². The molecular formula is C22H21NO2S. The summed E-state index contributed by atoms with van der Waals surface area (Å²) in [6.45, 7) is 3.26. The van der Waals surface area contributed by atoms with Crippen molar-refractivity contribution in [1.29, 1.82) is 0 Å². The van der Waals surface area contributed by atoms with Gasteiger partial charge in [-0.3, -0.25) is 0 Å². The molecule has 0 bridgehead atoms. The van der Waals surface area contributed by atoms with Crippen molar-refractivity contribution in [2.75, 3.05) is 13.1 Å². The van der Waals surface area contributed by atoms with Crippen LogP contribution in [0.25, 0.3) is 5.57 Å². The fraction of sp³-hybridized carbons (Fsp3) is 0.273. The van der Waals surface area contributed by atoms with Crippen LogP contribution in [-0.4, -0.2) is 25.8 Å². The Kier molecular flexibility index (Phi) is 3.34. The molecular weight excluding hydrogens is 342 g/mol. The molecule has 5 rings (SSSR count). The maximum Gasteiger partial charge on any atom is 0.243 e. The Morgan fingerprint density at radius 1 is 0.962 bits per heavy atom. The first-order valence-corrected chi connectivity index (χ1v) is 10.5. The number of fused-ring (bicyclic) bond motifs is 4. The van der Waals surface area contributed by atoms with Crippen molar-refractivity contribution in [3.63, 3.8) is 0 Å². The second-order valence-electron chi connectivity index (χ2n) is 7.76. The number of nitrogens with zero attached hydrogens (tertiary/aromatic N) is 1. The van der Waals surface area contributed by atoms with E-state index in [9.17, 15) is 8.42 Å². The Bertz CT molecular complexity index is 1070. The SMILES string of the molecule is CC12CC3=CCN(S(=O)(=O)c4ccccc4)CC3=C1c1ccccc1C2. The molecule has 26 heavy (non-hydrogen) atoms. The molecule has 2 aromatic rings. The molecule has 3 aliphatic rings. The van der Waals surface area contributed by atoms with E-state index in [1.807, 2.05) is 6.07 Å². The normalized spacial score (nSPS) is 24.9. The highest BCUT2D eigenvalue weighted by atomic mass is 32.2. The zero-order chi connectivity index (χ0) is 17.9. The summed E-state index contributed by atoms with van der Waals surface area (Å²) >= 11 is 0. The number of sulfonamides is 1. The highest BCUT2D eigenvalue weighted by molar-refractivity contribution is 7.89. The summed E-state index contributed by atoms with van der Waals surface area (Å²) in [7, 11) is -3.47. The van der Waals surface area contributed by atoms with E-state index >= 15 is 0 Å². The predicted molar refractivity (Wildman–Crippen MR) is 103 cm³/mol. The van der Waals surface area contributed by atoms with Crippen LogP contribution in [0.3, 0.4) is 0 Å². The Balaban J connectivity index is 1.61. The molecule has 2 aliphatic carbocycles. The van der Waals surface area contributed by atoms with Crippen molar-refractivity contribution in [1.82, 2.24) is 4.31 Å². The predicted octanol–water partition coefficient (Wildman–Crippen LogP) is 4.04. The van der Waals surface area contributed by atoms with Crippen molar-refractivity contribution < 1.29 is 8.42 Å². The number of hydrogen-bond acceptors (Lipinski definition) is 2. The van der Waals surface area contributed by atoms with Crippen LogP contribution in [-0.2, 0) is 16.4 Å². The van der Waals surface area contributed by atoms with Gasteiger partial charge in [-0.2, -0.15) is 4.31 Å². The summed E-state index contributed by atoms with van der Waals surface area (Å²) in [4.78, 5) is 0.370. The molecule has 0 saturated carbocycles. The van der Waals surface area contributed by atoms with E-state index in [-0.39, 0.29) is 5.41 Å². The van der Waals surface area contributed by atoms with Gasteiger partial charge in [0.1, 0.15) is 0 Å². The zero-order valence-corrected chi connectivity index (χ0v) is 15.6. The van der Waals surface area contributed by atoms with Gasteiger partial charge in [0.2, 0.25) is 10.0 Å². The van der Waals surface area contributed by atoms with Gasteiger partial charge in [-0.1, -0.05) is 55.5 Å². The highest BCUT2D eigenvalue weighted by Crippen LogP contribution is 2.58. The average molecular weight is 363 g/mol. The van der Waals surface area contributed by atoms with Gasteiger partial charge in [-0.05, 0) is 52.8 Å². The Hall–Kier alpha value is -2.17. The smallest absolute Gasteiger partial charge is 0.207 e. The summed E-state index contributed by atoms with van der Waals surface area (Å²) < 4.78 is 27.7. The molecule has 2 aromatic carbocycles. The van der Waals surface area contributed by atoms with Crippen molar-refractivity contribution in [3.8, 4) is 0 Å². The number of allylic oxidation sites excluding steroid dienone is 1. The van der Waals surface area contributed by atoms with Gasteiger partial charge >= 0.3 is 0 Å². The fourth-order valence-corrected chi connectivity index (χ4v) is 6.24. The van der Waals surface area contributed by atoms with E-state index in [1.165, 1.54) is 27.8 Å². The molecule has 1 heterocycles. The average Bonchev–Trinajstić information content (AvgIpc) is 3.09. The summed E-state index contributed by atoms with van der Waals surface area (Å²) in [5, 5.41) is 0. The molecule has 132 valence electrons. The fourth-order valence-electron chi connectivity index (χ4n) is 4.87. The lowest BCUT2D eigenvalue weighted by Crippen LogP contribution is -2.35. The molecule has 0 N–H and O–H groups in total. The molecule has 1 aliphatic heterocycles. The highest BCUT2D eigenvalue weighted by Gasteiger charge is 2.47. The minimum atomic E-state index is -3.47. The van der Waals surface area contributed by atoms with Crippen LogP contribution >= 0.6 is 0 Å². The van der Waals surface area contributed by atoms with Crippen LogP contribution in [0.4, 0.5) is 0 Å². The standard InChI is InChI=1S/C22H21NO2S/c1-22-13-16-7-5-6-10-19(16)21(22)20-15-23(12-11-17(20)14-22)26(24,25)18-8-3-2-4-9-18/h2-11H,12-15H2,1H3. The minimum absolute atomic E-state index is 0.109. The van der Waals surface area contributed by atoms with Crippen LogP contribution < -0.4 is 0 Å². The molecule has 3 nitrogen and oxygen atoms in total. The summed E-state index contributed by atoms with van der Waals surface area (Å²) in [6, 6.07) is 17.3. The molecule has 4 heteroatoms. The lowest BCUT2D eigenvalue weighted by atomic mass is 9.83. The van der Waals surface area contributed by atoms with E-state index in [0.29, 0.717) is 18.0 Å². The maximum atomic E-state index is 13.1. The third-order valence-corrected chi connectivity index (χ3v) is 7.82. The number of benzene rings is 2. The first-order valence-electron chi connectivity index (χ1n) is 9.06. The van der Waals surface area contributed by atoms with Gasteiger partial charge in [0.25, 0.3) is 0 Å². The quantitative estimate of drug-likeness (QED) is 0.808. The molecule has 1 unspecified atom stereocenters. The maximum absolute atomic E-state index is 13.1. The summed E-state index contributed by atoms with van der Waals surface area (Å²) in [5.41, 5.74) is 6.75. The Morgan fingerprint density at radius 3 is 2.50 bits per heavy atom. The van der Waals surface area contributed by atoms with Gasteiger partial charge in [-0.25, -0.2) is 8.42 Å². The lowest BCUT2D eigenvalue weighted by molar-refractivity contribution is 0.455. The molecule has 1 atom stereocenters. The second-order valence-corrected chi connectivity index (χ2v) is 9.70. The lowest BCUT2D eigenvalue weighted by Gasteiger charge is -2.27. The van der Waals surface area contributed by atoms with Gasteiger partial charge in [0.15, 0.2) is 0 Å². The van der Waals surface area contributed by atoms with E-state index in [4.69, 9.17) is 0 Å². The van der Waals surface area contributed by atoms with Gasteiger partial charge in [-0.15, -0.1) is 0 Å². The summed E-state index contributed by atoms with van der Waals surface area (Å²) in [6.07, 6.45) is 4.19. The molecule has 0 amide bonds. The second kappa shape index (κ2) is 5.41. The van der Waals surface area contributed by atoms with Gasteiger partial charge in [0, 0.05) is 18.5 Å². The topological polar surface area (TPSA) is 37.4 Å². The third-order valence-electron chi connectivity index (χ3n) is 6.00. The molecule has 0 radical (unpaired) electrons. The van der Waals surface area contributed by atoms with Crippen LogP contribution in [0, 0.1) is 5.41 Å². The van der Waals surface area contributed by atoms with E-state index in [2.05, 4.69) is 37.3 Å². The van der Waals surface area contributed by atoms with Crippen molar-refractivity contribution in [3.05, 3.63) is 82.9 Å². The van der Waals surface area contributed by atoms with Crippen molar-refractivity contribution in [2.24, 2.45) is 5.41 Å². The molecule has 0 saturated heterocycles. The monoisotopic (exact) mass is 363 g/mol. The van der Waals surface area contributed by atoms with E-state index in [1.54, 1.807) is 28.6 Å². The minimum Gasteiger partial charge on any atom is -0.207 e. The number of rotatable bonds is 2. The first kappa shape index (κ1) is 16.0. The van der Waals surface area contributed by atoms with Gasteiger partial charge in [0.05, 0.1) is 4.90 Å². The first-order chi connectivity index (χ1) is 12.5. The summed E-state index contributed by atoms with van der Waals surface area (Å²) in [5.74, 6) is 0.